The standard InChI is InChI=1S/C13H22BrN3O4/c1-9(2)21-13(20)16-8-4-3-5-10(12(15)19)17-11(18)6-7-14/h10H,1,3-8H2,2H3,(H2,15,19)(H,16,20)(H,17,18)/t10-/m0/s1. The molecule has 0 aromatic rings. The maximum atomic E-state index is 11.4. The van der Waals surface area contributed by atoms with Crippen molar-refractivity contribution in [3.8, 4) is 0 Å². The first kappa shape index (κ1) is 19.4. The maximum Gasteiger partial charge on any atom is 0.412 e. The third kappa shape index (κ3) is 10.8. The van der Waals surface area contributed by atoms with E-state index in [1.165, 1.54) is 0 Å². The van der Waals surface area contributed by atoms with Gasteiger partial charge in [-0.1, -0.05) is 22.5 Å². The van der Waals surface area contributed by atoms with Gasteiger partial charge in [0.05, 0.1) is 5.76 Å². The second-order valence-electron chi connectivity index (χ2n) is 4.48. The van der Waals surface area contributed by atoms with E-state index in [1.807, 2.05) is 0 Å². The number of rotatable bonds is 10. The normalized spacial score (nSPS) is 11.3. The van der Waals surface area contributed by atoms with Gasteiger partial charge in [-0.25, -0.2) is 4.79 Å². The molecule has 0 aromatic carbocycles. The number of halogens is 1. The molecule has 4 N–H and O–H groups in total. The van der Waals surface area contributed by atoms with Crippen molar-refractivity contribution in [3.05, 3.63) is 12.3 Å². The quantitative estimate of drug-likeness (QED) is 0.307. The lowest BCUT2D eigenvalue weighted by Gasteiger charge is -2.15. The smallest absolute Gasteiger partial charge is 0.412 e. The van der Waals surface area contributed by atoms with E-state index in [2.05, 4.69) is 33.1 Å². The number of hydrogen-bond acceptors (Lipinski definition) is 4. The summed E-state index contributed by atoms with van der Waals surface area (Å²) >= 11 is 3.15. The molecule has 3 amide bonds. The highest BCUT2D eigenvalue weighted by atomic mass is 79.9. The van der Waals surface area contributed by atoms with Gasteiger partial charge in [0.2, 0.25) is 11.8 Å². The molecule has 0 aliphatic rings. The molecule has 120 valence electrons. The van der Waals surface area contributed by atoms with Crippen LogP contribution in [0.3, 0.4) is 0 Å². The lowest BCUT2D eigenvalue weighted by molar-refractivity contribution is -0.127. The number of ether oxygens (including phenoxy) is 1. The van der Waals surface area contributed by atoms with E-state index in [1.54, 1.807) is 6.92 Å². The second kappa shape index (κ2) is 11.1. The van der Waals surface area contributed by atoms with Crippen LogP contribution in [0, 0.1) is 0 Å². The Balaban J connectivity index is 3.89. The van der Waals surface area contributed by atoms with E-state index in [9.17, 15) is 14.4 Å². The minimum Gasteiger partial charge on any atom is -0.416 e. The van der Waals surface area contributed by atoms with E-state index in [0.717, 1.165) is 0 Å². The summed E-state index contributed by atoms with van der Waals surface area (Å²) in [6.45, 7) is 5.43. The zero-order chi connectivity index (χ0) is 16.3. The second-order valence-corrected chi connectivity index (χ2v) is 5.27. The summed E-state index contributed by atoms with van der Waals surface area (Å²) in [5.74, 6) is -0.470. The largest absolute Gasteiger partial charge is 0.416 e. The molecule has 0 spiro atoms. The molecule has 0 radical (unpaired) electrons. The van der Waals surface area contributed by atoms with Crippen molar-refractivity contribution in [2.45, 2.75) is 38.6 Å². The molecule has 0 rings (SSSR count). The van der Waals surface area contributed by atoms with E-state index in [4.69, 9.17) is 10.5 Å². The fraction of sp³-hybridized carbons (Fsp3) is 0.615. The van der Waals surface area contributed by atoms with Gasteiger partial charge in [0.25, 0.3) is 0 Å². The minimum atomic E-state index is -0.682. The zero-order valence-corrected chi connectivity index (χ0v) is 13.7. The van der Waals surface area contributed by atoms with Crippen LogP contribution >= 0.6 is 15.9 Å². The number of nitrogens with one attached hydrogen (secondary N) is 2. The topological polar surface area (TPSA) is 111 Å². The average Bonchev–Trinajstić information content (AvgIpc) is 2.36. The summed E-state index contributed by atoms with van der Waals surface area (Å²) in [6.07, 6.45) is 1.44. The monoisotopic (exact) mass is 363 g/mol. The predicted octanol–water partition coefficient (Wildman–Crippen LogP) is 1.17. The third-order valence-corrected chi connectivity index (χ3v) is 2.85. The van der Waals surface area contributed by atoms with Crippen molar-refractivity contribution in [2.24, 2.45) is 5.73 Å². The number of allylic oxidation sites excluding steroid dienone is 1. The highest BCUT2D eigenvalue weighted by Crippen LogP contribution is 2.02. The van der Waals surface area contributed by atoms with Crippen LogP contribution in [0.25, 0.3) is 0 Å². The molecule has 8 heteroatoms. The number of primary amides is 1. The molecule has 1 atom stereocenters. The first-order chi connectivity index (χ1) is 9.86. The molecule has 7 nitrogen and oxygen atoms in total. The Hall–Kier alpha value is -1.57. The van der Waals surface area contributed by atoms with Crippen LogP contribution in [-0.4, -0.2) is 35.8 Å². The Morgan fingerprint density at radius 2 is 2.00 bits per heavy atom. The van der Waals surface area contributed by atoms with Crippen LogP contribution in [0.2, 0.25) is 0 Å². The van der Waals surface area contributed by atoms with Gasteiger partial charge in [-0.2, -0.15) is 0 Å². The number of nitrogens with two attached hydrogens (primary N) is 1. The summed E-state index contributed by atoms with van der Waals surface area (Å²) in [4.78, 5) is 33.8. The van der Waals surface area contributed by atoms with Gasteiger partial charge < -0.3 is 21.1 Å². The van der Waals surface area contributed by atoms with Crippen molar-refractivity contribution >= 4 is 33.8 Å². The Morgan fingerprint density at radius 3 is 2.52 bits per heavy atom. The van der Waals surface area contributed by atoms with Crippen molar-refractivity contribution in [2.75, 3.05) is 11.9 Å². The number of carbonyl (C=O) groups excluding carboxylic acids is 3. The average molecular weight is 364 g/mol. The molecule has 0 heterocycles. The van der Waals surface area contributed by atoms with Crippen LogP contribution < -0.4 is 16.4 Å². The number of carbonyl (C=O) groups is 3. The van der Waals surface area contributed by atoms with Gasteiger partial charge in [-0.05, 0) is 26.2 Å². The highest BCUT2D eigenvalue weighted by molar-refractivity contribution is 9.09. The zero-order valence-electron chi connectivity index (χ0n) is 12.1. The van der Waals surface area contributed by atoms with Gasteiger partial charge in [0, 0.05) is 18.3 Å². The van der Waals surface area contributed by atoms with Crippen molar-refractivity contribution in [1.29, 1.82) is 0 Å². The van der Waals surface area contributed by atoms with E-state index < -0.39 is 18.0 Å². The first-order valence-corrected chi connectivity index (χ1v) is 7.74. The molecule has 0 fully saturated rings. The molecule has 0 aliphatic heterocycles. The number of unbranched alkanes of at least 4 members (excludes halogenated alkanes) is 1. The van der Waals surface area contributed by atoms with E-state index in [0.29, 0.717) is 36.9 Å². The van der Waals surface area contributed by atoms with Gasteiger partial charge in [0.1, 0.15) is 6.04 Å². The first-order valence-electron chi connectivity index (χ1n) is 6.62. The summed E-state index contributed by atoms with van der Waals surface area (Å²) in [6, 6.07) is -0.682. The molecule has 21 heavy (non-hydrogen) atoms. The fourth-order valence-electron chi connectivity index (χ4n) is 1.50. The van der Waals surface area contributed by atoms with Crippen molar-refractivity contribution < 1.29 is 19.1 Å². The molecule has 0 saturated carbocycles. The summed E-state index contributed by atoms with van der Waals surface area (Å²) < 4.78 is 4.72. The highest BCUT2D eigenvalue weighted by Gasteiger charge is 2.17. The van der Waals surface area contributed by atoms with Gasteiger partial charge >= 0.3 is 6.09 Å². The van der Waals surface area contributed by atoms with Crippen molar-refractivity contribution in [3.63, 3.8) is 0 Å². The molecule has 0 aliphatic carbocycles. The summed E-state index contributed by atoms with van der Waals surface area (Å²) in [5.41, 5.74) is 5.23. The molecular weight excluding hydrogens is 342 g/mol. The SMILES string of the molecule is C=C(C)OC(=O)NCCCC[C@H](NC(=O)CCBr)C(N)=O. The molecular formula is C13H22BrN3O4. The lowest BCUT2D eigenvalue weighted by Crippen LogP contribution is -2.44. The maximum absolute atomic E-state index is 11.4. The van der Waals surface area contributed by atoms with Gasteiger partial charge in [-0.3, -0.25) is 9.59 Å². The minimum absolute atomic E-state index is 0.223. The van der Waals surface area contributed by atoms with Crippen LogP contribution in [-0.2, 0) is 14.3 Å². The Labute approximate surface area is 132 Å². The van der Waals surface area contributed by atoms with Crippen molar-refractivity contribution in [1.82, 2.24) is 10.6 Å². The van der Waals surface area contributed by atoms with Crippen LogP contribution in [0.4, 0.5) is 4.79 Å². The van der Waals surface area contributed by atoms with E-state index in [-0.39, 0.29) is 12.3 Å². The fourth-order valence-corrected chi connectivity index (χ4v) is 1.86. The van der Waals surface area contributed by atoms with E-state index >= 15 is 0 Å². The Morgan fingerprint density at radius 1 is 1.33 bits per heavy atom. The van der Waals surface area contributed by atoms with Crippen LogP contribution in [0.1, 0.15) is 32.6 Å². The number of alkyl halides is 1. The molecule has 0 saturated heterocycles. The number of alkyl carbamates (subject to hydrolysis) is 1. The number of amides is 3. The number of hydrogen-bond donors (Lipinski definition) is 3. The molecule has 0 aromatic heterocycles. The summed E-state index contributed by atoms with van der Waals surface area (Å²) in [5, 5.41) is 5.65. The van der Waals surface area contributed by atoms with Gasteiger partial charge in [-0.15, -0.1) is 0 Å². The third-order valence-electron chi connectivity index (χ3n) is 2.46. The Kier molecular flexibility index (Phi) is 10.3. The van der Waals surface area contributed by atoms with Crippen LogP contribution in [0.5, 0.6) is 0 Å². The van der Waals surface area contributed by atoms with Gasteiger partial charge in [0.15, 0.2) is 0 Å². The molecule has 0 unspecified atom stereocenters. The predicted molar refractivity (Wildman–Crippen MR) is 82.7 cm³/mol. The summed E-state index contributed by atoms with van der Waals surface area (Å²) in [7, 11) is 0. The lowest BCUT2D eigenvalue weighted by atomic mass is 10.1. The molecule has 0 bridgehead atoms. The van der Waals surface area contributed by atoms with Crippen LogP contribution in [0.15, 0.2) is 12.3 Å². The Bertz CT molecular complexity index is 388.